The van der Waals surface area contributed by atoms with Crippen LogP contribution < -0.4 is 5.32 Å². The summed E-state index contributed by atoms with van der Waals surface area (Å²) < 4.78 is 5.37. The number of rotatable bonds is 4. The van der Waals surface area contributed by atoms with Crippen molar-refractivity contribution < 1.29 is 19.4 Å². The summed E-state index contributed by atoms with van der Waals surface area (Å²) in [5, 5.41) is 12.3. The maximum absolute atomic E-state index is 12.0. The Hall–Kier alpha value is -2.08. The maximum Gasteiger partial charge on any atom is 0.410 e. The lowest BCUT2D eigenvalue weighted by molar-refractivity contribution is 0.0290. The number of nitrogens with zero attached hydrogens (tertiary/aromatic N) is 1. The van der Waals surface area contributed by atoms with Gasteiger partial charge in [0.15, 0.2) is 0 Å². The molecule has 1 aromatic carbocycles. The molecule has 0 saturated carbocycles. The fourth-order valence-electron chi connectivity index (χ4n) is 2.45. The summed E-state index contributed by atoms with van der Waals surface area (Å²) in [6.45, 7) is 7.53. The molecule has 23 heavy (non-hydrogen) atoms. The van der Waals surface area contributed by atoms with Gasteiger partial charge in [-0.05, 0) is 44.9 Å². The van der Waals surface area contributed by atoms with Crippen molar-refractivity contribution in [2.75, 3.05) is 13.1 Å². The minimum absolute atomic E-state index is 0.224. The van der Waals surface area contributed by atoms with Gasteiger partial charge in [0.1, 0.15) is 5.60 Å². The van der Waals surface area contributed by atoms with Crippen molar-refractivity contribution in [1.29, 1.82) is 0 Å². The van der Waals surface area contributed by atoms with E-state index in [1.54, 1.807) is 29.2 Å². The van der Waals surface area contributed by atoms with Gasteiger partial charge in [0.2, 0.25) is 0 Å². The Bertz CT molecular complexity index is 563. The number of aromatic carboxylic acids is 1. The Morgan fingerprint density at radius 2 is 1.96 bits per heavy atom. The molecule has 0 aliphatic carbocycles. The molecule has 1 fully saturated rings. The summed E-state index contributed by atoms with van der Waals surface area (Å²) in [5.74, 6) is -0.923. The molecule has 6 heteroatoms. The number of carboxylic acid groups (broad SMARTS) is 1. The molecule has 1 aromatic rings. The molecule has 1 unspecified atom stereocenters. The van der Waals surface area contributed by atoms with Crippen LogP contribution in [0.3, 0.4) is 0 Å². The molecule has 1 aliphatic rings. The molecule has 1 saturated heterocycles. The lowest BCUT2D eigenvalue weighted by Crippen LogP contribution is -2.38. The van der Waals surface area contributed by atoms with E-state index in [-0.39, 0.29) is 17.7 Å². The van der Waals surface area contributed by atoms with E-state index in [2.05, 4.69) is 5.32 Å². The fourth-order valence-corrected chi connectivity index (χ4v) is 2.45. The maximum atomic E-state index is 12.0. The topological polar surface area (TPSA) is 78.9 Å². The van der Waals surface area contributed by atoms with Crippen molar-refractivity contribution >= 4 is 12.1 Å². The van der Waals surface area contributed by atoms with Gasteiger partial charge >= 0.3 is 12.1 Å². The number of hydrogen-bond acceptors (Lipinski definition) is 4. The predicted octanol–water partition coefficient (Wildman–Crippen LogP) is 2.48. The van der Waals surface area contributed by atoms with Crippen LogP contribution in [-0.4, -0.2) is 46.8 Å². The third kappa shape index (κ3) is 5.25. The molecular formula is C17H24N2O4. The van der Waals surface area contributed by atoms with E-state index in [0.29, 0.717) is 19.6 Å². The molecule has 126 valence electrons. The van der Waals surface area contributed by atoms with Crippen LogP contribution in [0.4, 0.5) is 4.79 Å². The van der Waals surface area contributed by atoms with Crippen LogP contribution in [0.1, 0.15) is 43.1 Å². The van der Waals surface area contributed by atoms with Crippen LogP contribution in [-0.2, 0) is 11.3 Å². The second-order valence-electron chi connectivity index (χ2n) is 6.79. The zero-order chi connectivity index (χ0) is 17.0. The number of amides is 1. The van der Waals surface area contributed by atoms with Crippen LogP contribution in [0.5, 0.6) is 0 Å². The van der Waals surface area contributed by atoms with Gasteiger partial charge in [-0.3, -0.25) is 0 Å². The highest BCUT2D eigenvalue weighted by Crippen LogP contribution is 2.15. The first-order valence-electron chi connectivity index (χ1n) is 7.78. The third-order valence-electron chi connectivity index (χ3n) is 3.64. The minimum Gasteiger partial charge on any atom is -0.478 e. The average molecular weight is 320 g/mol. The first-order chi connectivity index (χ1) is 10.7. The monoisotopic (exact) mass is 320 g/mol. The fraction of sp³-hybridized carbons (Fsp3) is 0.529. The Morgan fingerprint density at radius 1 is 1.30 bits per heavy atom. The van der Waals surface area contributed by atoms with Gasteiger partial charge in [-0.1, -0.05) is 12.1 Å². The molecule has 2 rings (SSSR count). The third-order valence-corrected chi connectivity index (χ3v) is 3.64. The van der Waals surface area contributed by atoms with Crippen LogP contribution in [0.2, 0.25) is 0 Å². The molecule has 1 amide bonds. The van der Waals surface area contributed by atoms with Gasteiger partial charge < -0.3 is 20.1 Å². The molecule has 6 nitrogen and oxygen atoms in total. The van der Waals surface area contributed by atoms with Crippen molar-refractivity contribution in [2.45, 2.75) is 45.4 Å². The number of benzene rings is 1. The van der Waals surface area contributed by atoms with Gasteiger partial charge in [0.05, 0.1) is 5.56 Å². The minimum atomic E-state index is -0.923. The lowest BCUT2D eigenvalue weighted by Gasteiger charge is -2.24. The Balaban J connectivity index is 1.79. The second-order valence-corrected chi connectivity index (χ2v) is 6.79. The van der Waals surface area contributed by atoms with E-state index < -0.39 is 11.6 Å². The quantitative estimate of drug-likeness (QED) is 0.891. The standard InChI is InChI=1S/C17H24N2O4/c1-17(2,3)23-16(22)19-9-8-14(11-19)18-10-12-4-6-13(7-5-12)15(20)21/h4-7,14,18H,8-11H2,1-3H3,(H,20,21). The average Bonchev–Trinajstić information content (AvgIpc) is 2.93. The molecule has 0 radical (unpaired) electrons. The molecular weight excluding hydrogens is 296 g/mol. The largest absolute Gasteiger partial charge is 0.478 e. The number of carbonyl (C=O) groups excluding carboxylic acids is 1. The molecule has 0 bridgehead atoms. The molecule has 1 atom stereocenters. The van der Waals surface area contributed by atoms with Crippen LogP contribution in [0.15, 0.2) is 24.3 Å². The zero-order valence-corrected chi connectivity index (χ0v) is 13.8. The number of likely N-dealkylation sites (tertiary alicyclic amines) is 1. The van der Waals surface area contributed by atoms with Gasteiger partial charge in [-0.2, -0.15) is 0 Å². The van der Waals surface area contributed by atoms with E-state index in [4.69, 9.17) is 9.84 Å². The second kappa shape index (κ2) is 7.00. The van der Waals surface area contributed by atoms with Crippen molar-refractivity contribution in [1.82, 2.24) is 10.2 Å². The van der Waals surface area contributed by atoms with Gasteiger partial charge in [-0.25, -0.2) is 9.59 Å². The van der Waals surface area contributed by atoms with Gasteiger partial charge in [0.25, 0.3) is 0 Å². The number of carbonyl (C=O) groups is 2. The summed E-state index contributed by atoms with van der Waals surface area (Å²) in [4.78, 5) is 24.5. The van der Waals surface area contributed by atoms with Crippen molar-refractivity contribution in [2.24, 2.45) is 0 Å². The SMILES string of the molecule is CC(C)(C)OC(=O)N1CCC(NCc2ccc(C(=O)O)cc2)C1. The molecule has 1 aliphatic heterocycles. The number of hydrogen-bond donors (Lipinski definition) is 2. The number of carboxylic acids is 1. The summed E-state index contributed by atoms with van der Waals surface area (Å²) in [5.41, 5.74) is 0.825. The molecule has 1 heterocycles. The highest BCUT2D eigenvalue weighted by Gasteiger charge is 2.29. The Labute approximate surface area is 136 Å². The Kier molecular flexibility index (Phi) is 5.26. The van der Waals surface area contributed by atoms with E-state index in [0.717, 1.165) is 12.0 Å². The molecule has 2 N–H and O–H groups in total. The molecule has 0 aromatic heterocycles. The smallest absolute Gasteiger partial charge is 0.410 e. The number of nitrogens with one attached hydrogen (secondary N) is 1. The highest BCUT2D eigenvalue weighted by atomic mass is 16.6. The zero-order valence-electron chi connectivity index (χ0n) is 13.8. The van der Waals surface area contributed by atoms with Gasteiger partial charge in [-0.15, -0.1) is 0 Å². The summed E-state index contributed by atoms with van der Waals surface area (Å²) in [7, 11) is 0. The molecule has 0 spiro atoms. The van der Waals surface area contributed by atoms with Gasteiger partial charge in [0, 0.05) is 25.7 Å². The van der Waals surface area contributed by atoms with Crippen LogP contribution >= 0.6 is 0 Å². The van der Waals surface area contributed by atoms with E-state index in [9.17, 15) is 9.59 Å². The van der Waals surface area contributed by atoms with Crippen LogP contribution in [0, 0.1) is 0 Å². The van der Waals surface area contributed by atoms with Crippen molar-refractivity contribution in [3.05, 3.63) is 35.4 Å². The highest BCUT2D eigenvalue weighted by molar-refractivity contribution is 5.87. The normalized spacial score (nSPS) is 18.0. The lowest BCUT2D eigenvalue weighted by atomic mass is 10.1. The summed E-state index contributed by atoms with van der Waals surface area (Å²) >= 11 is 0. The predicted molar refractivity (Wildman–Crippen MR) is 86.5 cm³/mol. The summed E-state index contributed by atoms with van der Waals surface area (Å²) in [6.07, 6.45) is 0.611. The number of ether oxygens (including phenoxy) is 1. The van der Waals surface area contributed by atoms with E-state index >= 15 is 0 Å². The van der Waals surface area contributed by atoms with Crippen molar-refractivity contribution in [3.63, 3.8) is 0 Å². The van der Waals surface area contributed by atoms with Crippen molar-refractivity contribution in [3.8, 4) is 0 Å². The first-order valence-corrected chi connectivity index (χ1v) is 7.78. The van der Waals surface area contributed by atoms with E-state index in [1.165, 1.54) is 0 Å². The summed E-state index contributed by atoms with van der Waals surface area (Å²) in [6, 6.07) is 7.03. The first kappa shape index (κ1) is 17.3. The van der Waals surface area contributed by atoms with Crippen LogP contribution in [0.25, 0.3) is 0 Å². The van der Waals surface area contributed by atoms with E-state index in [1.807, 2.05) is 20.8 Å². The Morgan fingerprint density at radius 3 is 2.52 bits per heavy atom.